The first-order chi connectivity index (χ1) is 8.13. The highest BCUT2D eigenvalue weighted by Gasteiger charge is 2.08. The van der Waals surface area contributed by atoms with Gasteiger partial charge in [-0.25, -0.2) is 4.98 Å². The molecular formula is C11H16N4O2. The Morgan fingerprint density at radius 1 is 1.35 bits per heavy atom. The fourth-order valence-electron chi connectivity index (χ4n) is 1.12. The number of rotatable bonds is 5. The topological polar surface area (TPSA) is 97.1 Å². The van der Waals surface area contributed by atoms with Gasteiger partial charge < -0.3 is 16.4 Å². The number of nitrogens with zero attached hydrogens (tertiary/aromatic N) is 1. The van der Waals surface area contributed by atoms with Crippen molar-refractivity contribution in [1.82, 2.24) is 15.6 Å². The number of carbonyl (C=O) groups excluding carboxylic acids is 2. The van der Waals surface area contributed by atoms with Crippen LogP contribution in [0.1, 0.15) is 23.8 Å². The van der Waals surface area contributed by atoms with Gasteiger partial charge in [0.2, 0.25) is 5.91 Å². The molecule has 0 saturated heterocycles. The molecule has 0 unspecified atom stereocenters. The highest BCUT2D eigenvalue weighted by atomic mass is 16.2. The van der Waals surface area contributed by atoms with Crippen LogP contribution < -0.4 is 16.4 Å². The van der Waals surface area contributed by atoms with E-state index in [1.54, 1.807) is 6.07 Å². The molecule has 1 rings (SSSR count). The summed E-state index contributed by atoms with van der Waals surface area (Å²) in [6.45, 7) is 2.51. The molecule has 0 bridgehead atoms. The van der Waals surface area contributed by atoms with Crippen LogP contribution in [-0.2, 0) is 4.79 Å². The number of nitrogens with one attached hydrogen (secondary N) is 2. The van der Waals surface area contributed by atoms with Crippen LogP contribution in [-0.4, -0.2) is 29.9 Å². The van der Waals surface area contributed by atoms with Gasteiger partial charge in [0.1, 0.15) is 5.69 Å². The summed E-state index contributed by atoms with van der Waals surface area (Å²) < 4.78 is 0. The van der Waals surface area contributed by atoms with Crippen LogP contribution in [0, 0.1) is 0 Å². The van der Waals surface area contributed by atoms with E-state index in [4.69, 9.17) is 5.73 Å². The molecule has 0 aliphatic rings. The normalized spacial score (nSPS) is 9.71. The molecule has 0 saturated carbocycles. The van der Waals surface area contributed by atoms with Gasteiger partial charge in [0.05, 0.1) is 18.4 Å². The number of hydrogen-bond acceptors (Lipinski definition) is 4. The number of anilines is 1. The fourth-order valence-corrected chi connectivity index (χ4v) is 1.12. The molecule has 0 aromatic carbocycles. The monoisotopic (exact) mass is 236 g/mol. The Hall–Kier alpha value is -2.11. The highest BCUT2D eigenvalue weighted by Crippen LogP contribution is 2.00. The summed E-state index contributed by atoms with van der Waals surface area (Å²) in [6.07, 6.45) is 2.26. The molecule has 0 atom stereocenters. The molecule has 0 fully saturated rings. The molecule has 92 valence electrons. The number of aromatic nitrogens is 1. The van der Waals surface area contributed by atoms with Crippen molar-refractivity contribution in [2.24, 2.45) is 0 Å². The van der Waals surface area contributed by atoms with E-state index in [1.807, 2.05) is 6.92 Å². The lowest BCUT2D eigenvalue weighted by Gasteiger charge is -2.05. The lowest BCUT2D eigenvalue weighted by atomic mass is 10.3. The van der Waals surface area contributed by atoms with Gasteiger partial charge in [-0.3, -0.25) is 9.59 Å². The van der Waals surface area contributed by atoms with Crippen molar-refractivity contribution >= 4 is 17.5 Å². The molecule has 17 heavy (non-hydrogen) atoms. The Morgan fingerprint density at radius 3 is 2.71 bits per heavy atom. The molecule has 0 spiro atoms. The van der Waals surface area contributed by atoms with Crippen LogP contribution in [0.4, 0.5) is 5.69 Å². The van der Waals surface area contributed by atoms with Crippen LogP contribution in [0.2, 0.25) is 0 Å². The third kappa shape index (κ3) is 4.50. The van der Waals surface area contributed by atoms with Crippen molar-refractivity contribution in [3.63, 3.8) is 0 Å². The molecule has 4 N–H and O–H groups in total. The summed E-state index contributed by atoms with van der Waals surface area (Å²) in [5.74, 6) is -0.604. The predicted molar refractivity (Wildman–Crippen MR) is 64.3 cm³/mol. The van der Waals surface area contributed by atoms with Gasteiger partial charge in [0.15, 0.2) is 0 Å². The molecule has 1 aromatic heterocycles. The minimum atomic E-state index is -0.392. The third-order valence-corrected chi connectivity index (χ3v) is 2.00. The maximum absolute atomic E-state index is 11.5. The summed E-state index contributed by atoms with van der Waals surface area (Å²) in [4.78, 5) is 26.6. The van der Waals surface area contributed by atoms with Crippen LogP contribution >= 0.6 is 0 Å². The first-order valence-electron chi connectivity index (χ1n) is 5.40. The number of nitrogens with two attached hydrogens (primary N) is 1. The molecule has 1 heterocycles. The summed E-state index contributed by atoms with van der Waals surface area (Å²) in [5.41, 5.74) is 6.17. The molecule has 0 aliphatic carbocycles. The Labute approximate surface area is 99.6 Å². The largest absolute Gasteiger partial charge is 0.397 e. The second-order valence-electron chi connectivity index (χ2n) is 3.51. The number of carbonyl (C=O) groups is 2. The van der Waals surface area contributed by atoms with Crippen molar-refractivity contribution in [1.29, 1.82) is 0 Å². The Morgan fingerprint density at radius 2 is 2.12 bits per heavy atom. The van der Waals surface area contributed by atoms with Crippen molar-refractivity contribution < 1.29 is 9.59 Å². The quantitative estimate of drug-likeness (QED) is 0.666. The summed E-state index contributed by atoms with van der Waals surface area (Å²) in [5, 5.41) is 5.13. The van der Waals surface area contributed by atoms with Gasteiger partial charge in [-0.1, -0.05) is 6.92 Å². The van der Waals surface area contributed by atoms with E-state index in [0.29, 0.717) is 12.2 Å². The Balaban J connectivity index is 2.39. The van der Waals surface area contributed by atoms with Gasteiger partial charge in [0, 0.05) is 6.54 Å². The van der Waals surface area contributed by atoms with E-state index in [0.717, 1.165) is 6.42 Å². The van der Waals surface area contributed by atoms with Crippen molar-refractivity contribution in [2.75, 3.05) is 18.8 Å². The number of amides is 2. The zero-order valence-electron chi connectivity index (χ0n) is 9.69. The van der Waals surface area contributed by atoms with Gasteiger partial charge in [-0.05, 0) is 18.6 Å². The van der Waals surface area contributed by atoms with Gasteiger partial charge >= 0.3 is 0 Å². The van der Waals surface area contributed by atoms with Gasteiger partial charge in [-0.2, -0.15) is 0 Å². The maximum atomic E-state index is 11.5. The SMILES string of the molecule is CCCNC(=O)CNC(=O)c1ccc(N)cn1. The number of hydrogen-bond donors (Lipinski definition) is 3. The predicted octanol–water partition coefficient (Wildman–Crippen LogP) is -0.0802. The zero-order valence-corrected chi connectivity index (χ0v) is 9.69. The third-order valence-electron chi connectivity index (χ3n) is 2.00. The van der Waals surface area contributed by atoms with E-state index in [-0.39, 0.29) is 18.1 Å². The van der Waals surface area contributed by atoms with E-state index in [2.05, 4.69) is 15.6 Å². The van der Waals surface area contributed by atoms with Crippen molar-refractivity contribution in [2.45, 2.75) is 13.3 Å². The van der Waals surface area contributed by atoms with Crippen LogP contribution in [0.3, 0.4) is 0 Å². The molecule has 6 nitrogen and oxygen atoms in total. The smallest absolute Gasteiger partial charge is 0.270 e. The minimum absolute atomic E-state index is 0.0507. The Bertz CT molecular complexity index is 389. The molecule has 1 aromatic rings. The second kappa shape index (κ2) is 6.47. The summed E-state index contributed by atoms with van der Waals surface area (Å²) in [7, 11) is 0. The molecule has 2 amide bonds. The molecule has 0 radical (unpaired) electrons. The minimum Gasteiger partial charge on any atom is -0.397 e. The van der Waals surface area contributed by atoms with Crippen LogP contribution in [0.15, 0.2) is 18.3 Å². The molecule has 6 heteroatoms. The van der Waals surface area contributed by atoms with E-state index in [9.17, 15) is 9.59 Å². The number of nitrogen functional groups attached to an aromatic ring is 1. The zero-order chi connectivity index (χ0) is 12.7. The number of pyridine rings is 1. The summed E-state index contributed by atoms with van der Waals surface area (Å²) in [6, 6.07) is 3.09. The van der Waals surface area contributed by atoms with Crippen molar-refractivity contribution in [3.8, 4) is 0 Å². The maximum Gasteiger partial charge on any atom is 0.270 e. The van der Waals surface area contributed by atoms with Crippen LogP contribution in [0.25, 0.3) is 0 Å². The summed E-state index contributed by atoms with van der Waals surface area (Å²) >= 11 is 0. The molecular weight excluding hydrogens is 220 g/mol. The van der Waals surface area contributed by atoms with Gasteiger partial charge in [-0.15, -0.1) is 0 Å². The van der Waals surface area contributed by atoms with Crippen molar-refractivity contribution in [3.05, 3.63) is 24.0 Å². The fraction of sp³-hybridized carbons (Fsp3) is 0.364. The van der Waals surface area contributed by atoms with E-state index >= 15 is 0 Å². The first kappa shape index (κ1) is 13.0. The standard InChI is InChI=1S/C11H16N4O2/c1-2-5-13-10(16)7-15-11(17)9-4-3-8(12)6-14-9/h3-4,6H,2,5,7,12H2,1H3,(H,13,16)(H,15,17). The highest BCUT2D eigenvalue weighted by molar-refractivity contribution is 5.94. The lowest BCUT2D eigenvalue weighted by Crippen LogP contribution is -2.37. The second-order valence-corrected chi connectivity index (χ2v) is 3.51. The van der Waals surface area contributed by atoms with Crippen LogP contribution in [0.5, 0.6) is 0 Å². The average Bonchev–Trinajstić information content (AvgIpc) is 2.34. The Kier molecular flexibility index (Phi) is 4.93. The lowest BCUT2D eigenvalue weighted by molar-refractivity contribution is -0.120. The van der Waals surface area contributed by atoms with E-state index < -0.39 is 5.91 Å². The molecule has 0 aliphatic heterocycles. The van der Waals surface area contributed by atoms with E-state index in [1.165, 1.54) is 12.3 Å². The first-order valence-corrected chi connectivity index (χ1v) is 5.40. The average molecular weight is 236 g/mol. The van der Waals surface area contributed by atoms with Gasteiger partial charge in [0.25, 0.3) is 5.91 Å².